The van der Waals surface area contributed by atoms with E-state index >= 15 is 0 Å². The van der Waals surface area contributed by atoms with E-state index in [-0.39, 0.29) is 28.7 Å². The fourth-order valence-corrected chi connectivity index (χ4v) is 2.56. The molecule has 0 aliphatic heterocycles. The van der Waals surface area contributed by atoms with Crippen molar-refractivity contribution in [2.45, 2.75) is 13.8 Å². The van der Waals surface area contributed by atoms with Gasteiger partial charge < -0.3 is 10.2 Å². The largest absolute Gasteiger partial charge is 0.332 e. The normalized spacial score (nSPS) is 10.3. The molecule has 26 heavy (non-hydrogen) atoms. The van der Waals surface area contributed by atoms with Crippen molar-refractivity contribution in [3.8, 4) is 0 Å². The zero-order valence-corrected chi connectivity index (χ0v) is 15.3. The van der Waals surface area contributed by atoms with Crippen molar-refractivity contribution in [1.29, 1.82) is 0 Å². The number of nitro groups is 1. The highest BCUT2D eigenvalue weighted by Crippen LogP contribution is 2.25. The molecule has 1 N–H and O–H groups in total. The van der Waals surface area contributed by atoms with Gasteiger partial charge in [-0.3, -0.25) is 19.7 Å². The number of carbonyl (C=O) groups is 2. The Balaban J connectivity index is 2.09. The molecular formula is C18H18ClN3O4. The van der Waals surface area contributed by atoms with Gasteiger partial charge in [0.05, 0.1) is 11.5 Å². The Labute approximate surface area is 155 Å². The topological polar surface area (TPSA) is 92.6 Å². The summed E-state index contributed by atoms with van der Waals surface area (Å²) in [6.45, 7) is 3.64. The van der Waals surface area contributed by atoms with Gasteiger partial charge in [-0.25, -0.2) is 0 Å². The summed E-state index contributed by atoms with van der Waals surface area (Å²) in [5.41, 5.74) is 2.40. The number of aryl methyl sites for hydroxylation is 1. The van der Waals surface area contributed by atoms with Gasteiger partial charge in [-0.1, -0.05) is 23.7 Å². The minimum atomic E-state index is -0.660. The van der Waals surface area contributed by atoms with Crippen molar-refractivity contribution in [2.24, 2.45) is 0 Å². The van der Waals surface area contributed by atoms with Gasteiger partial charge in [0.1, 0.15) is 5.02 Å². The van der Waals surface area contributed by atoms with Crippen LogP contribution in [0.1, 0.15) is 21.5 Å². The monoisotopic (exact) mass is 375 g/mol. The molecule has 0 bridgehead atoms. The zero-order chi connectivity index (χ0) is 19.4. The third-order valence-electron chi connectivity index (χ3n) is 4.00. The van der Waals surface area contributed by atoms with Crippen LogP contribution in [-0.2, 0) is 4.79 Å². The average Bonchev–Trinajstić information content (AvgIpc) is 2.58. The number of rotatable bonds is 5. The molecule has 0 radical (unpaired) electrons. The van der Waals surface area contributed by atoms with Crippen molar-refractivity contribution < 1.29 is 14.5 Å². The number of carbonyl (C=O) groups excluding carboxylic acids is 2. The number of benzene rings is 2. The van der Waals surface area contributed by atoms with Crippen molar-refractivity contribution in [1.82, 2.24) is 4.90 Å². The van der Waals surface area contributed by atoms with Crippen LogP contribution in [0.15, 0.2) is 36.4 Å². The standard InChI is InChI=1S/C18H18ClN3O4/c1-11-5-4-6-15(12(11)2)20-17(23)10-21(3)18(24)13-7-8-14(19)16(9-13)22(25)26/h4-9H,10H2,1-3H3,(H,20,23). The summed E-state index contributed by atoms with van der Waals surface area (Å²) < 4.78 is 0. The van der Waals surface area contributed by atoms with Gasteiger partial charge in [0.25, 0.3) is 11.6 Å². The Morgan fingerprint density at radius 1 is 1.23 bits per heavy atom. The first-order valence-corrected chi connectivity index (χ1v) is 8.14. The lowest BCUT2D eigenvalue weighted by molar-refractivity contribution is -0.384. The summed E-state index contributed by atoms with van der Waals surface area (Å²) in [5, 5.41) is 13.6. The minimum absolute atomic E-state index is 0.0538. The molecule has 0 fully saturated rings. The zero-order valence-electron chi connectivity index (χ0n) is 14.6. The number of nitrogens with zero attached hydrogens (tertiary/aromatic N) is 2. The fourth-order valence-electron chi connectivity index (χ4n) is 2.37. The number of halogens is 1. The van der Waals surface area contributed by atoms with Crippen LogP contribution in [0.2, 0.25) is 5.02 Å². The second kappa shape index (κ2) is 7.97. The molecule has 136 valence electrons. The maximum atomic E-state index is 12.4. The molecule has 0 aliphatic rings. The van der Waals surface area contributed by atoms with Crippen LogP contribution in [0.3, 0.4) is 0 Å². The van der Waals surface area contributed by atoms with Gasteiger partial charge in [0.2, 0.25) is 5.91 Å². The van der Waals surface area contributed by atoms with Crippen LogP contribution in [0.4, 0.5) is 11.4 Å². The average molecular weight is 376 g/mol. The molecule has 0 aliphatic carbocycles. The molecule has 2 aromatic carbocycles. The fraction of sp³-hybridized carbons (Fsp3) is 0.222. The molecule has 0 heterocycles. The quantitative estimate of drug-likeness (QED) is 0.638. The molecule has 0 saturated heterocycles. The van der Waals surface area contributed by atoms with Gasteiger partial charge in [-0.05, 0) is 43.2 Å². The second-order valence-electron chi connectivity index (χ2n) is 5.88. The summed E-state index contributed by atoms with van der Waals surface area (Å²) in [7, 11) is 1.45. The van der Waals surface area contributed by atoms with E-state index in [0.29, 0.717) is 5.69 Å². The van der Waals surface area contributed by atoms with E-state index in [1.807, 2.05) is 26.0 Å². The van der Waals surface area contributed by atoms with Gasteiger partial charge in [0, 0.05) is 24.4 Å². The first-order chi connectivity index (χ1) is 12.2. The van der Waals surface area contributed by atoms with Crippen molar-refractivity contribution >= 4 is 34.8 Å². The van der Waals surface area contributed by atoms with Gasteiger partial charge in [-0.2, -0.15) is 0 Å². The first kappa shape index (κ1) is 19.4. The van der Waals surface area contributed by atoms with Crippen LogP contribution >= 0.6 is 11.6 Å². The van der Waals surface area contributed by atoms with E-state index in [9.17, 15) is 19.7 Å². The van der Waals surface area contributed by atoms with E-state index in [0.717, 1.165) is 17.2 Å². The summed E-state index contributed by atoms with van der Waals surface area (Å²) in [5.74, 6) is -0.876. The summed E-state index contributed by atoms with van der Waals surface area (Å²) >= 11 is 5.75. The number of likely N-dealkylation sites (N-methyl/N-ethyl adjacent to an activating group) is 1. The Morgan fingerprint density at radius 3 is 2.58 bits per heavy atom. The Bertz CT molecular complexity index is 883. The van der Waals surface area contributed by atoms with Crippen molar-refractivity contribution in [3.05, 3.63) is 68.2 Å². The molecule has 0 spiro atoms. The second-order valence-corrected chi connectivity index (χ2v) is 6.29. The first-order valence-electron chi connectivity index (χ1n) is 7.76. The summed E-state index contributed by atoms with van der Waals surface area (Å²) in [4.78, 5) is 36.1. The number of nitrogens with one attached hydrogen (secondary N) is 1. The third kappa shape index (κ3) is 4.37. The number of nitro benzene ring substituents is 1. The minimum Gasteiger partial charge on any atom is -0.332 e. The lowest BCUT2D eigenvalue weighted by atomic mass is 10.1. The number of anilines is 1. The summed E-state index contributed by atoms with van der Waals surface area (Å²) in [6.07, 6.45) is 0. The highest BCUT2D eigenvalue weighted by atomic mass is 35.5. The van der Waals surface area contributed by atoms with Crippen LogP contribution in [0, 0.1) is 24.0 Å². The number of hydrogen-bond acceptors (Lipinski definition) is 4. The molecule has 0 saturated carbocycles. The van der Waals surface area contributed by atoms with E-state index < -0.39 is 10.8 Å². The molecule has 0 atom stereocenters. The van der Waals surface area contributed by atoms with Gasteiger partial charge >= 0.3 is 0 Å². The molecule has 2 amide bonds. The molecule has 2 aromatic rings. The van der Waals surface area contributed by atoms with E-state index in [2.05, 4.69) is 5.32 Å². The van der Waals surface area contributed by atoms with Crippen molar-refractivity contribution in [3.63, 3.8) is 0 Å². The maximum absolute atomic E-state index is 12.4. The third-order valence-corrected chi connectivity index (χ3v) is 4.32. The molecule has 2 rings (SSSR count). The lowest BCUT2D eigenvalue weighted by Crippen LogP contribution is -2.35. The molecule has 0 aromatic heterocycles. The van der Waals surface area contributed by atoms with Crippen LogP contribution in [0.25, 0.3) is 0 Å². The van der Waals surface area contributed by atoms with E-state index in [4.69, 9.17) is 11.6 Å². The van der Waals surface area contributed by atoms with E-state index in [1.54, 1.807) is 6.07 Å². The maximum Gasteiger partial charge on any atom is 0.288 e. The molecular weight excluding hydrogens is 358 g/mol. The highest BCUT2D eigenvalue weighted by Gasteiger charge is 2.20. The van der Waals surface area contributed by atoms with Crippen LogP contribution < -0.4 is 5.32 Å². The van der Waals surface area contributed by atoms with E-state index in [1.165, 1.54) is 24.1 Å². The Morgan fingerprint density at radius 2 is 1.92 bits per heavy atom. The molecule has 7 nitrogen and oxygen atoms in total. The molecule has 8 heteroatoms. The Kier molecular flexibility index (Phi) is 5.94. The predicted molar refractivity (Wildman–Crippen MR) is 99.6 cm³/mol. The summed E-state index contributed by atoms with van der Waals surface area (Å²) in [6, 6.07) is 9.33. The molecule has 0 unspecified atom stereocenters. The Hall–Kier alpha value is -2.93. The SMILES string of the molecule is Cc1cccc(NC(=O)CN(C)C(=O)c2ccc(Cl)c([N+](=O)[O-])c2)c1C. The lowest BCUT2D eigenvalue weighted by Gasteiger charge is -2.18. The smallest absolute Gasteiger partial charge is 0.288 e. The van der Waals surface area contributed by atoms with Crippen LogP contribution in [0.5, 0.6) is 0 Å². The predicted octanol–water partition coefficient (Wildman–Crippen LogP) is 3.58. The van der Waals surface area contributed by atoms with Crippen molar-refractivity contribution in [2.75, 3.05) is 18.9 Å². The van der Waals surface area contributed by atoms with Gasteiger partial charge in [-0.15, -0.1) is 0 Å². The number of amides is 2. The van der Waals surface area contributed by atoms with Crippen LogP contribution in [-0.4, -0.2) is 35.2 Å². The highest BCUT2D eigenvalue weighted by molar-refractivity contribution is 6.32. The number of hydrogen-bond donors (Lipinski definition) is 1. The van der Waals surface area contributed by atoms with Gasteiger partial charge in [0.15, 0.2) is 0 Å².